The molecule has 7 nitrogen and oxygen atoms in total. The van der Waals surface area contributed by atoms with Crippen molar-refractivity contribution in [1.29, 1.82) is 0 Å². The SMILES string of the molecule is CCCCOc1ccc(C2CC(C(=O)N3CCN(c4ccccc4OC)CC3)NN2)cc1. The van der Waals surface area contributed by atoms with Crippen LogP contribution >= 0.6 is 0 Å². The summed E-state index contributed by atoms with van der Waals surface area (Å²) < 4.78 is 11.2. The van der Waals surface area contributed by atoms with E-state index in [9.17, 15) is 4.79 Å². The molecule has 32 heavy (non-hydrogen) atoms. The van der Waals surface area contributed by atoms with Crippen molar-refractivity contribution in [2.24, 2.45) is 0 Å². The number of methoxy groups -OCH3 is 1. The molecule has 2 saturated heterocycles. The predicted molar refractivity (Wildman–Crippen MR) is 126 cm³/mol. The number of carbonyl (C=O) groups excluding carboxylic acids is 1. The largest absolute Gasteiger partial charge is 0.495 e. The van der Waals surface area contributed by atoms with Gasteiger partial charge < -0.3 is 19.3 Å². The Hall–Kier alpha value is -2.77. The Morgan fingerprint density at radius 1 is 1.03 bits per heavy atom. The van der Waals surface area contributed by atoms with Crippen LogP contribution in [0.15, 0.2) is 48.5 Å². The molecule has 0 aromatic heterocycles. The maximum absolute atomic E-state index is 13.1. The molecule has 0 bridgehead atoms. The zero-order valence-corrected chi connectivity index (χ0v) is 19.0. The van der Waals surface area contributed by atoms with E-state index in [2.05, 4.69) is 40.9 Å². The van der Waals surface area contributed by atoms with Crippen molar-refractivity contribution in [3.05, 3.63) is 54.1 Å². The van der Waals surface area contributed by atoms with Gasteiger partial charge in [-0.25, -0.2) is 10.9 Å². The topological polar surface area (TPSA) is 66.1 Å². The highest BCUT2D eigenvalue weighted by atomic mass is 16.5. The van der Waals surface area contributed by atoms with Gasteiger partial charge in [-0.05, 0) is 42.7 Å². The highest BCUT2D eigenvalue weighted by molar-refractivity contribution is 5.82. The lowest BCUT2D eigenvalue weighted by atomic mass is 10.0. The summed E-state index contributed by atoms with van der Waals surface area (Å²) in [7, 11) is 1.70. The fourth-order valence-corrected chi connectivity index (χ4v) is 4.35. The van der Waals surface area contributed by atoms with E-state index in [1.807, 2.05) is 35.2 Å². The molecule has 2 aliphatic rings. The summed E-state index contributed by atoms with van der Waals surface area (Å²) >= 11 is 0. The number of para-hydroxylation sites is 2. The summed E-state index contributed by atoms with van der Waals surface area (Å²) in [5.74, 6) is 1.94. The Bertz CT molecular complexity index is 881. The fraction of sp³-hybridized carbons (Fsp3) is 0.480. The van der Waals surface area contributed by atoms with Gasteiger partial charge in [0, 0.05) is 32.2 Å². The van der Waals surface area contributed by atoms with Gasteiger partial charge in [-0.3, -0.25) is 4.79 Å². The molecule has 0 saturated carbocycles. The maximum atomic E-state index is 13.1. The Kier molecular flexibility index (Phi) is 7.50. The molecule has 7 heteroatoms. The van der Waals surface area contributed by atoms with Gasteiger partial charge in [0.2, 0.25) is 5.91 Å². The zero-order valence-electron chi connectivity index (χ0n) is 19.0. The lowest BCUT2D eigenvalue weighted by molar-refractivity contribution is -0.133. The van der Waals surface area contributed by atoms with Crippen LogP contribution in [0, 0.1) is 0 Å². The molecule has 0 radical (unpaired) electrons. The predicted octanol–water partition coefficient (Wildman–Crippen LogP) is 3.13. The van der Waals surface area contributed by atoms with Crippen LogP contribution in [0.1, 0.15) is 37.8 Å². The first-order valence-corrected chi connectivity index (χ1v) is 11.6. The number of amides is 1. The van der Waals surface area contributed by atoms with Gasteiger partial charge in [0.05, 0.1) is 19.4 Å². The van der Waals surface area contributed by atoms with Crippen LogP contribution in [0.3, 0.4) is 0 Å². The number of unbranched alkanes of at least 4 members (excludes halogenated alkanes) is 1. The molecule has 2 unspecified atom stereocenters. The number of rotatable bonds is 8. The zero-order chi connectivity index (χ0) is 22.3. The van der Waals surface area contributed by atoms with Gasteiger partial charge in [-0.1, -0.05) is 37.6 Å². The fourth-order valence-electron chi connectivity index (χ4n) is 4.35. The summed E-state index contributed by atoms with van der Waals surface area (Å²) in [5, 5.41) is 0. The number of carbonyl (C=O) groups is 1. The molecule has 2 atom stereocenters. The van der Waals surface area contributed by atoms with Crippen LogP contribution in [0.25, 0.3) is 0 Å². The van der Waals surface area contributed by atoms with E-state index in [0.717, 1.165) is 61.7 Å². The number of nitrogens with zero attached hydrogens (tertiary/aromatic N) is 2. The minimum Gasteiger partial charge on any atom is -0.495 e. The third kappa shape index (κ3) is 5.16. The summed E-state index contributed by atoms with van der Waals surface area (Å²) in [5.41, 5.74) is 8.76. The minimum absolute atomic E-state index is 0.114. The number of ether oxygens (including phenoxy) is 2. The third-order valence-electron chi connectivity index (χ3n) is 6.27. The standard InChI is InChI=1S/C25H34N4O3/c1-3-4-17-32-20-11-9-19(10-12-20)21-18-22(27-26-21)25(30)29-15-13-28(14-16-29)23-7-5-6-8-24(23)31-2/h5-12,21-22,26-27H,3-4,13-18H2,1-2H3. The van der Waals surface area contributed by atoms with Crippen LogP contribution in [0.4, 0.5) is 5.69 Å². The van der Waals surface area contributed by atoms with Crippen LogP contribution < -0.4 is 25.2 Å². The Balaban J connectivity index is 1.28. The molecular formula is C25H34N4O3. The third-order valence-corrected chi connectivity index (χ3v) is 6.27. The van der Waals surface area contributed by atoms with E-state index in [1.54, 1.807) is 7.11 Å². The maximum Gasteiger partial charge on any atom is 0.241 e. The second kappa shape index (κ2) is 10.7. The molecule has 2 heterocycles. The average Bonchev–Trinajstić information content (AvgIpc) is 3.35. The summed E-state index contributed by atoms with van der Waals surface area (Å²) in [6, 6.07) is 16.1. The van der Waals surface area contributed by atoms with Crippen LogP contribution in [-0.2, 0) is 4.79 Å². The van der Waals surface area contributed by atoms with Crippen molar-refractivity contribution in [2.45, 2.75) is 38.3 Å². The Morgan fingerprint density at radius 3 is 2.50 bits per heavy atom. The monoisotopic (exact) mass is 438 g/mol. The second-order valence-corrected chi connectivity index (χ2v) is 8.38. The number of hydrazine groups is 1. The van der Waals surface area contributed by atoms with E-state index in [4.69, 9.17) is 9.47 Å². The molecule has 1 amide bonds. The van der Waals surface area contributed by atoms with Gasteiger partial charge in [0.15, 0.2) is 0 Å². The smallest absolute Gasteiger partial charge is 0.241 e. The molecular weight excluding hydrogens is 404 g/mol. The van der Waals surface area contributed by atoms with E-state index in [-0.39, 0.29) is 18.0 Å². The van der Waals surface area contributed by atoms with Gasteiger partial charge in [0.25, 0.3) is 0 Å². The Morgan fingerprint density at radius 2 is 1.78 bits per heavy atom. The average molecular weight is 439 g/mol. The molecule has 2 aromatic carbocycles. The van der Waals surface area contributed by atoms with Gasteiger partial charge in [-0.15, -0.1) is 0 Å². The van der Waals surface area contributed by atoms with Gasteiger partial charge >= 0.3 is 0 Å². The number of hydrogen-bond donors (Lipinski definition) is 2. The first kappa shape index (κ1) is 22.4. The second-order valence-electron chi connectivity index (χ2n) is 8.38. The highest BCUT2D eigenvalue weighted by Gasteiger charge is 2.34. The van der Waals surface area contributed by atoms with Gasteiger partial charge in [0.1, 0.15) is 17.5 Å². The lowest BCUT2D eigenvalue weighted by Gasteiger charge is -2.37. The number of piperazine rings is 1. The minimum atomic E-state index is -0.210. The van der Waals surface area contributed by atoms with Crippen LogP contribution in [0.2, 0.25) is 0 Å². The van der Waals surface area contributed by atoms with Crippen molar-refractivity contribution in [3.8, 4) is 11.5 Å². The molecule has 2 aliphatic heterocycles. The van der Waals surface area contributed by atoms with E-state index < -0.39 is 0 Å². The van der Waals surface area contributed by atoms with Crippen LogP contribution in [0.5, 0.6) is 11.5 Å². The molecule has 0 aliphatic carbocycles. The normalized spacial score (nSPS) is 20.9. The summed E-state index contributed by atoms with van der Waals surface area (Å²) in [4.78, 5) is 17.4. The number of hydrogen-bond acceptors (Lipinski definition) is 6. The highest BCUT2D eigenvalue weighted by Crippen LogP contribution is 2.29. The first-order valence-electron chi connectivity index (χ1n) is 11.6. The Labute approximate surface area is 190 Å². The first-order chi connectivity index (χ1) is 15.7. The molecule has 2 fully saturated rings. The van der Waals surface area contributed by atoms with Crippen LogP contribution in [-0.4, -0.2) is 56.7 Å². The van der Waals surface area contributed by atoms with Crippen molar-refractivity contribution in [1.82, 2.24) is 15.8 Å². The van der Waals surface area contributed by atoms with E-state index >= 15 is 0 Å². The summed E-state index contributed by atoms with van der Waals surface area (Å²) in [6.07, 6.45) is 2.93. The van der Waals surface area contributed by atoms with E-state index in [1.165, 1.54) is 0 Å². The van der Waals surface area contributed by atoms with Crippen molar-refractivity contribution >= 4 is 11.6 Å². The molecule has 172 valence electrons. The lowest BCUT2D eigenvalue weighted by Crippen LogP contribution is -2.53. The van der Waals surface area contributed by atoms with Crippen molar-refractivity contribution in [3.63, 3.8) is 0 Å². The summed E-state index contributed by atoms with van der Waals surface area (Å²) in [6.45, 7) is 5.93. The quantitative estimate of drug-likeness (QED) is 0.618. The van der Waals surface area contributed by atoms with Crippen molar-refractivity contribution < 1.29 is 14.3 Å². The molecule has 2 N–H and O–H groups in total. The van der Waals surface area contributed by atoms with E-state index in [0.29, 0.717) is 13.1 Å². The number of benzene rings is 2. The molecule has 0 spiro atoms. The van der Waals surface area contributed by atoms with Gasteiger partial charge in [-0.2, -0.15) is 0 Å². The molecule has 2 aromatic rings. The number of anilines is 1. The number of nitrogens with one attached hydrogen (secondary N) is 2. The molecule has 4 rings (SSSR count). The van der Waals surface area contributed by atoms with Crippen molar-refractivity contribution in [2.75, 3.05) is 44.8 Å².